The van der Waals surface area contributed by atoms with Gasteiger partial charge in [0, 0.05) is 32.3 Å². The van der Waals surface area contributed by atoms with Gasteiger partial charge < -0.3 is 19.7 Å². The SMILES string of the molecule is COC1CCCC(NC2CCCCN(C(=O)OC(C)(C)C)C2)C1. The van der Waals surface area contributed by atoms with E-state index in [1.165, 1.54) is 19.3 Å². The highest BCUT2D eigenvalue weighted by atomic mass is 16.6. The summed E-state index contributed by atoms with van der Waals surface area (Å²) in [6.07, 6.45) is 8.25. The van der Waals surface area contributed by atoms with Crippen molar-refractivity contribution in [1.29, 1.82) is 0 Å². The van der Waals surface area contributed by atoms with E-state index < -0.39 is 5.60 Å². The molecule has 1 saturated heterocycles. The first kappa shape index (κ1) is 18.5. The zero-order valence-corrected chi connectivity index (χ0v) is 15.3. The fraction of sp³-hybridized carbons (Fsp3) is 0.944. The predicted molar refractivity (Wildman–Crippen MR) is 91.6 cm³/mol. The Labute approximate surface area is 141 Å². The van der Waals surface area contributed by atoms with E-state index in [1.54, 1.807) is 0 Å². The lowest BCUT2D eigenvalue weighted by molar-refractivity contribution is 0.0231. The molecule has 0 aromatic carbocycles. The number of nitrogens with zero attached hydrogens (tertiary/aromatic N) is 1. The molecule has 23 heavy (non-hydrogen) atoms. The van der Waals surface area contributed by atoms with Gasteiger partial charge in [0.1, 0.15) is 5.60 Å². The molecule has 0 bridgehead atoms. The molecule has 0 spiro atoms. The molecule has 1 heterocycles. The van der Waals surface area contributed by atoms with Gasteiger partial charge in [-0.25, -0.2) is 4.79 Å². The molecule has 5 nitrogen and oxygen atoms in total. The van der Waals surface area contributed by atoms with E-state index in [1.807, 2.05) is 32.8 Å². The zero-order valence-electron chi connectivity index (χ0n) is 15.3. The Morgan fingerprint density at radius 2 is 1.83 bits per heavy atom. The lowest BCUT2D eigenvalue weighted by Gasteiger charge is -2.34. The van der Waals surface area contributed by atoms with Crippen LogP contribution in [0.3, 0.4) is 0 Å². The lowest BCUT2D eigenvalue weighted by Crippen LogP contribution is -2.49. The number of ether oxygens (including phenoxy) is 2. The summed E-state index contributed by atoms with van der Waals surface area (Å²) in [5.41, 5.74) is -0.429. The van der Waals surface area contributed by atoms with Crippen LogP contribution in [0.4, 0.5) is 4.79 Å². The third-order valence-corrected chi connectivity index (χ3v) is 4.75. The number of methoxy groups -OCH3 is 1. The minimum Gasteiger partial charge on any atom is -0.444 e. The third kappa shape index (κ3) is 6.30. The molecule has 134 valence electrons. The van der Waals surface area contributed by atoms with Crippen LogP contribution in [0, 0.1) is 0 Å². The number of likely N-dealkylation sites (tertiary alicyclic amines) is 1. The quantitative estimate of drug-likeness (QED) is 0.864. The van der Waals surface area contributed by atoms with Crippen LogP contribution in [-0.4, -0.2) is 55.0 Å². The van der Waals surface area contributed by atoms with Gasteiger partial charge in [0.2, 0.25) is 0 Å². The maximum atomic E-state index is 12.4. The van der Waals surface area contributed by atoms with Crippen LogP contribution in [0.15, 0.2) is 0 Å². The second-order valence-corrected chi connectivity index (χ2v) is 8.01. The lowest BCUT2D eigenvalue weighted by atomic mass is 9.92. The number of hydrogen-bond acceptors (Lipinski definition) is 4. The van der Waals surface area contributed by atoms with Crippen LogP contribution in [0.2, 0.25) is 0 Å². The Kier molecular flexibility index (Phi) is 6.72. The fourth-order valence-corrected chi connectivity index (χ4v) is 3.61. The van der Waals surface area contributed by atoms with E-state index in [0.29, 0.717) is 18.2 Å². The van der Waals surface area contributed by atoms with Crippen LogP contribution in [-0.2, 0) is 9.47 Å². The molecule has 0 radical (unpaired) electrons. The average Bonchev–Trinajstić information content (AvgIpc) is 2.71. The second-order valence-electron chi connectivity index (χ2n) is 8.01. The Morgan fingerprint density at radius 1 is 1.09 bits per heavy atom. The van der Waals surface area contributed by atoms with Crippen molar-refractivity contribution in [3.8, 4) is 0 Å². The van der Waals surface area contributed by atoms with Crippen molar-refractivity contribution in [2.24, 2.45) is 0 Å². The maximum absolute atomic E-state index is 12.4. The Bertz CT molecular complexity index is 381. The van der Waals surface area contributed by atoms with Crippen molar-refractivity contribution < 1.29 is 14.3 Å². The van der Waals surface area contributed by atoms with E-state index in [2.05, 4.69) is 5.32 Å². The molecular weight excluding hydrogens is 292 g/mol. The Hall–Kier alpha value is -0.810. The molecule has 1 amide bonds. The van der Waals surface area contributed by atoms with E-state index in [4.69, 9.17) is 9.47 Å². The first-order chi connectivity index (χ1) is 10.9. The molecule has 2 fully saturated rings. The Balaban J connectivity index is 1.87. The van der Waals surface area contributed by atoms with Crippen molar-refractivity contribution in [1.82, 2.24) is 10.2 Å². The Morgan fingerprint density at radius 3 is 2.52 bits per heavy atom. The smallest absolute Gasteiger partial charge is 0.410 e. The van der Waals surface area contributed by atoms with Gasteiger partial charge in [0.25, 0.3) is 0 Å². The van der Waals surface area contributed by atoms with E-state index >= 15 is 0 Å². The van der Waals surface area contributed by atoms with Crippen molar-refractivity contribution in [2.75, 3.05) is 20.2 Å². The average molecular weight is 326 g/mol. The minimum atomic E-state index is -0.429. The van der Waals surface area contributed by atoms with Gasteiger partial charge in [-0.3, -0.25) is 0 Å². The zero-order chi connectivity index (χ0) is 16.9. The van der Waals surface area contributed by atoms with Gasteiger partial charge in [-0.05, 0) is 59.3 Å². The summed E-state index contributed by atoms with van der Waals surface area (Å²) in [5.74, 6) is 0. The highest BCUT2D eigenvalue weighted by Crippen LogP contribution is 2.23. The minimum absolute atomic E-state index is 0.176. The molecule has 1 aliphatic heterocycles. The van der Waals surface area contributed by atoms with Crippen molar-refractivity contribution in [2.45, 2.75) is 89.5 Å². The van der Waals surface area contributed by atoms with Crippen LogP contribution in [0.1, 0.15) is 65.7 Å². The standard InChI is InChI=1S/C18H34N2O3/c1-18(2,3)23-17(21)20-11-6-5-8-15(13-20)19-14-9-7-10-16(12-14)22-4/h14-16,19H,5-13H2,1-4H3. The monoisotopic (exact) mass is 326 g/mol. The number of carbonyl (C=O) groups excluding carboxylic acids is 1. The number of carbonyl (C=O) groups is 1. The first-order valence-corrected chi connectivity index (χ1v) is 9.14. The van der Waals surface area contributed by atoms with Crippen LogP contribution in [0.25, 0.3) is 0 Å². The van der Waals surface area contributed by atoms with Gasteiger partial charge >= 0.3 is 6.09 Å². The topological polar surface area (TPSA) is 50.8 Å². The summed E-state index contributed by atoms with van der Waals surface area (Å²) >= 11 is 0. The highest BCUT2D eigenvalue weighted by molar-refractivity contribution is 5.68. The summed E-state index contributed by atoms with van der Waals surface area (Å²) in [6.45, 7) is 7.32. The van der Waals surface area contributed by atoms with Gasteiger partial charge in [-0.2, -0.15) is 0 Å². The number of hydrogen-bond donors (Lipinski definition) is 1. The van der Waals surface area contributed by atoms with Crippen molar-refractivity contribution in [3.05, 3.63) is 0 Å². The van der Waals surface area contributed by atoms with E-state index in [9.17, 15) is 4.79 Å². The molecule has 0 aromatic heterocycles. The first-order valence-electron chi connectivity index (χ1n) is 9.14. The number of amides is 1. The van der Waals surface area contributed by atoms with Crippen molar-refractivity contribution >= 4 is 6.09 Å². The summed E-state index contributed by atoms with van der Waals surface area (Å²) in [6, 6.07) is 0.878. The van der Waals surface area contributed by atoms with Gasteiger partial charge in [-0.1, -0.05) is 6.42 Å². The van der Waals surface area contributed by atoms with Gasteiger partial charge in [-0.15, -0.1) is 0 Å². The predicted octanol–water partition coefficient (Wildman–Crippen LogP) is 3.32. The molecule has 5 heteroatoms. The fourth-order valence-electron chi connectivity index (χ4n) is 3.61. The van der Waals surface area contributed by atoms with Gasteiger partial charge in [0.05, 0.1) is 6.10 Å². The molecule has 2 aliphatic rings. The summed E-state index contributed by atoms with van der Waals surface area (Å²) in [4.78, 5) is 14.2. The summed E-state index contributed by atoms with van der Waals surface area (Å²) in [5, 5.41) is 3.78. The molecule has 1 aliphatic carbocycles. The molecular formula is C18H34N2O3. The van der Waals surface area contributed by atoms with E-state index in [-0.39, 0.29) is 6.09 Å². The van der Waals surface area contributed by atoms with Gasteiger partial charge in [0.15, 0.2) is 0 Å². The third-order valence-electron chi connectivity index (χ3n) is 4.75. The molecule has 1 saturated carbocycles. The van der Waals surface area contributed by atoms with Crippen LogP contribution < -0.4 is 5.32 Å². The molecule has 2 rings (SSSR count). The van der Waals surface area contributed by atoms with E-state index in [0.717, 1.165) is 38.8 Å². The molecule has 1 N–H and O–H groups in total. The number of rotatable bonds is 3. The summed E-state index contributed by atoms with van der Waals surface area (Å²) in [7, 11) is 1.81. The maximum Gasteiger partial charge on any atom is 0.410 e. The van der Waals surface area contributed by atoms with Crippen LogP contribution >= 0.6 is 0 Å². The van der Waals surface area contributed by atoms with Crippen LogP contribution in [0.5, 0.6) is 0 Å². The summed E-state index contributed by atoms with van der Waals surface area (Å²) < 4.78 is 11.1. The highest BCUT2D eigenvalue weighted by Gasteiger charge is 2.29. The second kappa shape index (κ2) is 8.34. The number of nitrogens with one attached hydrogen (secondary N) is 1. The molecule has 0 aromatic rings. The molecule has 3 atom stereocenters. The molecule has 3 unspecified atom stereocenters. The largest absolute Gasteiger partial charge is 0.444 e. The van der Waals surface area contributed by atoms with Crippen molar-refractivity contribution in [3.63, 3.8) is 0 Å². The normalized spacial score (nSPS) is 29.9.